The third-order valence-corrected chi connectivity index (χ3v) is 1.76. The van der Waals surface area contributed by atoms with Crippen LogP contribution < -0.4 is 0 Å². The van der Waals surface area contributed by atoms with Gasteiger partial charge in [0.15, 0.2) is 0 Å². The van der Waals surface area contributed by atoms with Gasteiger partial charge in [0.25, 0.3) is 0 Å². The average Bonchev–Trinajstić information content (AvgIpc) is 2.37. The summed E-state index contributed by atoms with van der Waals surface area (Å²) >= 11 is 0. The van der Waals surface area contributed by atoms with Gasteiger partial charge in [0.05, 0.1) is 0 Å². The maximum Gasteiger partial charge on any atom is 0.0421 e. The van der Waals surface area contributed by atoms with Crippen molar-refractivity contribution in [2.24, 2.45) is 10.9 Å². The Bertz CT molecular complexity index is 199. The minimum Gasteiger partial charge on any atom is -0.289 e. The average molecular weight is 149 g/mol. The Morgan fingerprint density at radius 2 is 2.27 bits per heavy atom. The molecule has 0 saturated heterocycles. The first-order valence-electron chi connectivity index (χ1n) is 4.15. The van der Waals surface area contributed by atoms with E-state index in [2.05, 4.69) is 24.1 Å². The van der Waals surface area contributed by atoms with E-state index in [-0.39, 0.29) is 0 Å². The Morgan fingerprint density at radius 1 is 1.45 bits per heavy atom. The molecule has 0 radical (unpaired) electrons. The minimum absolute atomic E-state index is 0.750. The van der Waals surface area contributed by atoms with Crippen molar-refractivity contribution in [1.82, 2.24) is 0 Å². The summed E-state index contributed by atoms with van der Waals surface area (Å²) in [5.41, 5.74) is 1.25. The van der Waals surface area contributed by atoms with Crippen molar-refractivity contribution in [1.29, 1.82) is 0 Å². The first-order valence-corrected chi connectivity index (χ1v) is 4.15. The van der Waals surface area contributed by atoms with Crippen molar-refractivity contribution in [3.63, 3.8) is 0 Å². The summed E-state index contributed by atoms with van der Waals surface area (Å²) in [6.07, 6.45) is 9.36. The summed E-state index contributed by atoms with van der Waals surface area (Å²) in [4.78, 5) is 4.38. The van der Waals surface area contributed by atoms with E-state index in [1.165, 1.54) is 5.71 Å². The van der Waals surface area contributed by atoms with Crippen LogP contribution in [0.5, 0.6) is 0 Å². The molecule has 1 heteroatoms. The van der Waals surface area contributed by atoms with Crippen molar-refractivity contribution in [2.75, 3.05) is 6.54 Å². The van der Waals surface area contributed by atoms with Crippen LogP contribution in [0.4, 0.5) is 0 Å². The van der Waals surface area contributed by atoms with E-state index in [1.54, 1.807) is 0 Å². The zero-order valence-corrected chi connectivity index (χ0v) is 7.25. The van der Waals surface area contributed by atoms with Crippen LogP contribution in [0.15, 0.2) is 29.3 Å². The molecule has 0 saturated carbocycles. The second-order valence-electron chi connectivity index (χ2n) is 3.03. The monoisotopic (exact) mass is 149 g/mol. The maximum absolute atomic E-state index is 4.38. The van der Waals surface area contributed by atoms with Gasteiger partial charge in [-0.1, -0.05) is 25.2 Å². The molecule has 0 aromatic rings. The van der Waals surface area contributed by atoms with Gasteiger partial charge in [-0.05, 0) is 25.3 Å². The summed E-state index contributed by atoms with van der Waals surface area (Å²) in [7, 11) is 0. The van der Waals surface area contributed by atoms with Crippen molar-refractivity contribution in [3.8, 4) is 0 Å². The van der Waals surface area contributed by atoms with Crippen LogP contribution in [0.1, 0.15) is 20.3 Å². The minimum atomic E-state index is 0.750. The fraction of sp³-hybridized carbons (Fsp3) is 0.500. The van der Waals surface area contributed by atoms with Crippen molar-refractivity contribution >= 4 is 5.71 Å². The molecule has 60 valence electrons. The van der Waals surface area contributed by atoms with Gasteiger partial charge in [0, 0.05) is 12.3 Å². The smallest absolute Gasteiger partial charge is 0.0421 e. The van der Waals surface area contributed by atoms with E-state index >= 15 is 0 Å². The highest BCUT2D eigenvalue weighted by Crippen LogP contribution is 2.12. The normalized spacial score (nSPS) is 25.3. The molecule has 1 unspecified atom stereocenters. The van der Waals surface area contributed by atoms with Crippen molar-refractivity contribution < 1.29 is 0 Å². The number of hydrogen-bond donors (Lipinski definition) is 0. The van der Waals surface area contributed by atoms with Crippen LogP contribution in [0.2, 0.25) is 0 Å². The molecular weight excluding hydrogens is 134 g/mol. The van der Waals surface area contributed by atoms with Crippen molar-refractivity contribution in [3.05, 3.63) is 24.3 Å². The molecule has 0 aromatic heterocycles. The number of allylic oxidation sites excluding steroid dienone is 4. The Kier molecular flexibility index (Phi) is 3.09. The quantitative estimate of drug-likeness (QED) is 0.535. The second kappa shape index (κ2) is 4.12. The molecule has 0 aliphatic carbocycles. The fourth-order valence-corrected chi connectivity index (χ4v) is 1.16. The summed E-state index contributed by atoms with van der Waals surface area (Å²) in [6, 6.07) is 0. The molecule has 1 aliphatic heterocycles. The molecule has 0 bridgehead atoms. The van der Waals surface area contributed by atoms with Gasteiger partial charge in [-0.3, -0.25) is 4.99 Å². The lowest BCUT2D eigenvalue weighted by Crippen LogP contribution is -1.93. The molecular formula is C10H15N. The summed E-state index contributed by atoms with van der Waals surface area (Å²) in [5, 5.41) is 0. The maximum atomic E-state index is 4.38. The number of aliphatic imine (C=N–C) groups is 1. The molecule has 0 spiro atoms. The fourth-order valence-electron chi connectivity index (χ4n) is 1.16. The highest BCUT2D eigenvalue weighted by atomic mass is 14.8. The summed E-state index contributed by atoms with van der Waals surface area (Å²) < 4.78 is 0. The van der Waals surface area contributed by atoms with Gasteiger partial charge in [-0.25, -0.2) is 0 Å². The van der Waals surface area contributed by atoms with Gasteiger partial charge >= 0.3 is 0 Å². The van der Waals surface area contributed by atoms with E-state index in [0.717, 1.165) is 18.9 Å². The number of hydrogen-bond acceptors (Lipinski definition) is 1. The van der Waals surface area contributed by atoms with Crippen LogP contribution in [0.25, 0.3) is 0 Å². The standard InChI is InChI=1S/C10H15N/c1-3-4-5-6-10-7-9(2)8-11-10/h3-6,9H,7-8H2,1-2H3/b4-3+,6-5+. The molecule has 11 heavy (non-hydrogen) atoms. The van der Waals surface area contributed by atoms with E-state index in [4.69, 9.17) is 0 Å². The van der Waals surface area contributed by atoms with Crippen LogP contribution in [0, 0.1) is 5.92 Å². The SMILES string of the molecule is C/C=C/C=C/C1=NCC(C)C1. The van der Waals surface area contributed by atoms with Crippen LogP contribution in [-0.4, -0.2) is 12.3 Å². The molecule has 0 N–H and O–H groups in total. The summed E-state index contributed by atoms with van der Waals surface area (Å²) in [5.74, 6) is 0.750. The zero-order valence-electron chi connectivity index (χ0n) is 7.25. The Morgan fingerprint density at radius 3 is 2.82 bits per heavy atom. The first kappa shape index (κ1) is 8.25. The predicted molar refractivity (Wildman–Crippen MR) is 50.0 cm³/mol. The zero-order chi connectivity index (χ0) is 8.10. The largest absolute Gasteiger partial charge is 0.289 e. The van der Waals surface area contributed by atoms with Gasteiger partial charge in [0.2, 0.25) is 0 Å². The van der Waals surface area contributed by atoms with Crippen LogP contribution in [-0.2, 0) is 0 Å². The molecule has 1 aliphatic rings. The molecule has 1 nitrogen and oxygen atoms in total. The van der Waals surface area contributed by atoms with E-state index in [0.29, 0.717) is 0 Å². The lowest BCUT2D eigenvalue weighted by Gasteiger charge is -1.93. The predicted octanol–water partition coefficient (Wildman–Crippen LogP) is 2.60. The molecule has 0 aromatic carbocycles. The van der Waals surface area contributed by atoms with Gasteiger partial charge < -0.3 is 0 Å². The number of nitrogens with zero attached hydrogens (tertiary/aromatic N) is 1. The molecule has 0 fully saturated rings. The van der Waals surface area contributed by atoms with Crippen LogP contribution >= 0.6 is 0 Å². The van der Waals surface area contributed by atoms with E-state index < -0.39 is 0 Å². The highest BCUT2D eigenvalue weighted by Gasteiger charge is 2.10. The highest BCUT2D eigenvalue weighted by molar-refractivity contribution is 5.96. The molecule has 1 atom stereocenters. The van der Waals surface area contributed by atoms with Gasteiger partial charge in [-0.2, -0.15) is 0 Å². The van der Waals surface area contributed by atoms with Crippen LogP contribution in [0.3, 0.4) is 0 Å². The number of rotatable bonds is 2. The second-order valence-corrected chi connectivity index (χ2v) is 3.03. The van der Waals surface area contributed by atoms with Crippen molar-refractivity contribution in [2.45, 2.75) is 20.3 Å². The Labute approximate surface area is 68.5 Å². The third kappa shape index (κ3) is 2.71. The van der Waals surface area contributed by atoms with E-state index in [9.17, 15) is 0 Å². The molecule has 0 amide bonds. The topological polar surface area (TPSA) is 12.4 Å². The lowest BCUT2D eigenvalue weighted by molar-refractivity contribution is 0.664. The Balaban J connectivity index is 2.39. The first-order chi connectivity index (χ1) is 5.33. The molecule has 1 heterocycles. The van der Waals surface area contributed by atoms with E-state index in [1.807, 2.05) is 19.1 Å². The van der Waals surface area contributed by atoms with Gasteiger partial charge in [-0.15, -0.1) is 0 Å². The third-order valence-electron chi connectivity index (χ3n) is 1.76. The summed E-state index contributed by atoms with van der Waals surface area (Å²) in [6.45, 7) is 5.26. The molecule has 1 rings (SSSR count). The lowest BCUT2D eigenvalue weighted by atomic mass is 10.1. The Hall–Kier alpha value is -0.850. The van der Waals surface area contributed by atoms with Gasteiger partial charge in [0.1, 0.15) is 0 Å².